The number of aryl methyl sites for hydroxylation is 1. The Morgan fingerprint density at radius 1 is 1.22 bits per heavy atom. The monoisotopic (exact) mass is 470 g/mol. The highest BCUT2D eigenvalue weighted by atomic mass is 35.5. The van der Waals surface area contributed by atoms with Crippen LogP contribution in [0.1, 0.15) is 48.9 Å². The van der Waals surface area contributed by atoms with E-state index in [-0.39, 0.29) is 12.1 Å². The summed E-state index contributed by atoms with van der Waals surface area (Å²) in [5, 5.41) is 14.3. The van der Waals surface area contributed by atoms with Gasteiger partial charge in [0, 0.05) is 23.9 Å². The number of nitrogens with zero attached hydrogens (tertiary/aromatic N) is 3. The largest absolute Gasteiger partial charge is 0.394 e. The first-order valence-corrected chi connectivity index (χ1v) is 13.2. The van der Waals surface area contributed by atoms with Gasteiger partial charge in [-0.1, -0.05) is 17.7 Å². The quantitative estimate of drug-likeness (QED) is 0.708. The number of aliphatic hydroxyl groups is 1. The first kappa shape index (κ1) is 20.6. The molecular formula is C24H27ClN4O2S. The van der Waals surface area contributed by atoms with Crippen molar-refractivity contribution in [2.45, 2.75) is 55.4 Å². The van der Waals surface area contributed by atoms with Crippen molar-refractivity contribution in [1.29, 1.82) is 0 Å². The average Bonchev–Trinajstić information content (AvgIpc) is 3.12. The van der Waals surface area contributed by atoms with Gasteiger partial charge in [-0.3, -0.25) is 4.21 Å². The van der Waals surface area contributed by atoms with Crippen LogP contribution in [0.25, 0.3) is 5.57 Å². The SMILES string of the molecule is O=[S@]1CCCc2nc(N3CCC4=C(Cc5cc(Cl)ccc54)C3)nc(NC3(CO)CCC3)c21. The van der Waals surface area contributed by atoms with Crippen LogP contribution in [-0.4, -0.2) is 50.3 Å². The average molecular weight is 471 g/mol. The molecule has 32 heavy (non-hydrogen) atoms. The Hall–Kier alpha value is -1.96. The molecule has 0 unspecified atom stereocenters. The van der Waals surface area contributed by atoms with Crippen molar-refractivity contribution >= 4 is 39.7 Å². The second-order valence-electron chi connectivity index (χ2n) is 9.45. The van der Waals surface area contributed by atoms with Gasteiger partial charge in [0.15, 0.2) is 0 Å². The van der Waals surface area contributed by atoms with Gasteiger partial charge < -0.3 is 15.3 Å². The molecule has 3 heterocycles. The molecule has 1 aromatic heterocycles. The van der Waals surface area contributed by atoms with Gasteiger partial charge in [0.2, 0.25) is 5.95 Å². The van der Waals surface area contributed by atoms with E-state index >= 15 is 0 Å². The van der Waals surface area contributed by atoms with Crippen LogP contribution in [0.2, 0.25) is 5.02 Å². The Morgan fingerprint density at radius 2 is 2.09 bits per heavy atom. The molecule has 0 radical (unpaired) electrons. The summed E-state index contributed by atoms with van der Waals surface area (Å²) < 4.78 is 12.9. The van der Waals surface area contributed by atoms with Crippen LogP contribution in [0.4, 0.5) is 11.8 Å². The predicted octanol–water partition coefficient (Wildman–Crippen LogP) is 3.73. The molecule has 2 aliphatic carbocycles. The summed E-state index contributed by atoms with van der Waals surface area (Å²) in [6.45, 7) is 1.72. The third-order valence-corrected chi connectivity index (χ3v) is 9.19. The lowest BCUT2D eigenvalue weighted by Crippen LogP contribution is -2.49. The molecule has 1 fully saturated rings. The molecule has 1 saturated carbocycles. The summed E-state index contributed by atoms with van der Waals surface area (Å²) in [6.07, 6.45) is 6.49. The molecule has 168 valence electrons. The zero-order chi connectivity index (χ0) is 21.9. The lowest BCUT2D eigenvalue weighted by Gasteiger charge is -2.42. The second kappa shape index (κ2) is 7.82. The maximum absolute atomic E-state index is 12.9. The van der Waals surface area contributed by atoms with E-state index in [9.17, 15) is 9.32 Å². The molecule has 0 amide bonds. The van der Waals surface area contributed by atoms with E-state index in [1.54, 1.807) is 0 Å². The van der Waals surface area contributed by atoms with Crippen LogP contribution < -0.4 is 10.2 Å². The molecule has 0 saturated heterocycles. The van der Waals surface area contributed by atoms with E-state index in [1.807, 2.05) is 6.07 Å². The number of aliphatic hydroxyl groups excluding tert-OH is 1. The fourth-order valence-electron chi connectivity index (χ4n) is 5.49. The molecule has 4 aliphatic rings. The molecule has 2 aromatic rings. The standard InChI is InChI=1S/C24H27ClN4O2S/c25-17-4-5-18-15(12-17)11-16-13-29(9-6-19(16)18)23-26-20-3-1-10-32(31)21(20)22(27-23)28-24(14-30)7-2-8-24/h4-5,12,30H,1-3,6-11,13-14H2,(H,26,27,28)/t32-/m0/s1. The van der Waals surface area contributed by atoms with E-state index in [4.69, 9.17) is 21.6 Å². The third kappa shape index (κ3) is 3.37. The van der Waals surface area contributed by atoms with Crippen LogP contribution >= 0.6 is 11.6 Å². The molecule has 8 heteroatoms. The van der Waals surface area contributed by atoms with Crippen molar-refractivity contribution in [3.63, 3.8) is 0 Å². The number of benzene rings is 1. The first-order valence-electron chi connectivity index (χ1n) is 11.5. The maximum Gasteiger partial charge on any atom is 0.227 e. The number of halogens is 1. The van der Waals surface area contributed by atoms with Gasteiger partial charge in [-0.05, 0) is 79.4 Å². The highest BCUT2D eigenvalue weighted by Crippen LogP contribution is 2.41. The number of anilines is 2. The van der Waals surface area contributed by atoms with Crippen molar-refractivity contribution in [2.24, 2.45) is 0 Å². The molecule has 0 bridgehead atoms. The second-order valence-corrected chi connectivity index (χ2v) is 11.4. The Morgan fingerprint density at radius 3 is 2.88 bits per heavy atom. The van der Waals surface area contributed by atoms with Gasteiger partial charge in [-0.25, -0.2) is 4.98 Å². The van der Waals surface area contributed by atoms with Gasteiger partial charge in [-0.15, -0.1) is 0 Å². The highest BCUT2D eigenvalue weighted by Gasteiger charge is 2.39. The lowest BCUT2D eigenvalue weighted by atomic mass is 9.77. The normalized spacial score (nSPS) is 23.3. The van der Waals surface area contributed by atoms with Crippen LogP contribution in [0.15, 0.2) is 28.7 Å². The minimum Gasteiger partial charge on any atom is -0.394 e. The number of aromatic nitrogens is 2. The molecule has 0 spiro atoms. The van der Waals surface area contributed by atoms with Crippen molar-refractivity contribution in [3.05, 3.63) is 45.6 Å². The highest BCUT2D eigenvalue weighted by molar-refractivity contribution is 7.85. The molecule has 1 atom stereocenters. The zero-order valence-corrected chi connectivity index (χ0v) is 19.6. The van der Waals surface area contributed by atoms with Gasteiger partial charge in [0.05, 0.1) is 28.6 Å². The Bertz CT molecular complexity index is 1160. The number of hydrogen-bond acceptors (Lipinski definition) is 6. The van der Waals surface area contributed by atoms with E-state index in [0.29, 0.717) is 17.5 Å². The summed E-state index contributed by atoms with van der Waals surface area (Å²) in [4.78, 5) is 12.8. The number of nitrogens with one attached hydrogen (secondary N) is 1. The third-order valence-electron chi connectivity index (χ3n) is 7.41. The Kier molecular flexibility index (Phi) is 5.04. The molecule has 6 rings (SSSR count). The van der Waals surface area contributed by atoms with Crippen LogP contribution in [-0.2, 0) is 23.6 Å². The zero-order valence-electron chi connectivity index (χ0n) is 18.0. The first-order chi connectivity index (χ1) is 15.5. The van der Waals surface area contributed by atoms with Crippen molar-refractivity contribution < 1.29 is 9.32 Å². The molecule has 2 aliphatic heterocycles. The summed E-state index contributed by atoms with van der Waals surface area (Å²) in [5.74, 6) is 2.02. The fraction of sp³-hybridized carbons (Fsp3) is 0.500. The van der Waals surface area contributed by atoms with Crippen LogP contribution in [0.5, 0.6) is 0 Å². The van der Waals surface area contributed by atoms with Crippen LogP contribution in [0.3, 0.4) is 0 Å². The molecule has 1 aromatic carbocycles. The van der Waals surface area contributed by atoms with E-state index in [2.05, 4.69) is 22.3 Å². The Balaban J connectivity index is 1.34. The molecule has 2 N–H and O–H groups in total. The number of rotatable bonds is 4. The summed E-state index contributed by atoms with van der Waals surface area (Å²) in [7, 11) is -1.10. The Labute approximate surface area is 195 Å². The summed E-state index contributed by atoms with van der Waals surface area (Å²) in [6, 6.07) is 6.21. The summed E-state index contributed by atoms with van der Waals surface area (Å²) >= 11 is 6.22. The van der Waals surface area contributed by atoms with Crippen molar-refractivity contribution in [3.8, 4) is 0 Å². The molecular weight excluding hydrogens is 444 g/mol. The van der Waals surface area contributed by atoms with E-state index in [1.165, 1.54) is 22.3 Å². The van der Waals surface area contributed by atoms with Gasteiger partial charge in [0.25, 0.3) is 0 Å². The van der Waals surface area contributed by atoms with Crippen molar-refractivity contribution in [2.75, 3.05) is 35.7 Å². The predicted molar refractivity (Wildman–Crippen MR) is 128 cm³/mol. The fourth-order valence-corrected chi connectivity index (χ4v) is 7.02. The smallest absolute Gasteiger partial charge is 0.227 e. The summed E-state index contributed by atoms with van der Waals surface area (Å²) in [5.41, 5.74) is 6.06. The van der Waals surface area contributed by atoms with E-state index in [0.717, 1.165) is 73.6 Å². The minimum absolute atomic E-state index is 0.0640. The van der Waals surface area contributed by atoms with Gasteiger partial charge in [0.1, 0.15) is 10.7 Å². The maximum atomic E-state index is 12.9. The molecule has 6 nitrogen and oxygen atoms in total. The lowest BCUT2D eigenvalue weighted by molar-refractivity contribution is 0.143. The van der Waals surface area contributed by atoms with Crippen LogP contribution in [0, 0.1) is 0 Å². The van der Waals surface area contributed by atoms with E-state index < -0.39 is 10.8 Å². The number of hydrogen-bond donors (Lipinski definition) is 2. The van der Waals surface area contributed by atoms with Gasteiger partial charge >= 0.3 is 0 Å². The van der Waals surface area contributed by atoms with Crippen molar-refractivity contribution in [1.82, 2.24) is 9.97 Å². The topological polar surface area (TPSA) is 78.4 Å². The minimum atomic E-state index is -1.10. The van der Waals surface area contributed by atoms with Gasteiger partial charge in [-0.2, -0.15) is 4.98 Å². The number of fused-ring (bicyclic) bond motifs is 3.